The summed E-state index contributed by atoms with van der Waals surface area (Å²) in [7, 11) is 0. The van der Waals surface area contributed by atoms with Crippen LogP contribution >= 0.6 is 0 Å². The molecule has 2 fully saturated rings. The lowest BCUT2D eigenvalue weighted by molar-refractivity contribution is -0.140. The van der Waals surface area contributed by atoms with Gasteiger partial charge >= 0.3 is 5.97 Å². The summed E-state index contributed by atoms with van der Waals surface area (Å²) >= 11 is 0. The normalized spacial score (nSPS) is 37.9. The number of rotatable bonds is 4. The Bertz CT molecular complexity index is 250. The van der Waals surface area contributed by atoms with Crippen LogP contribution in [0.15, 0.2) is 0 Å². The maximum absolute atomic E-state index is 11.1. The van der Waals surface area contributed by atoms with Gasteiger partial charge in [-0.05, 0) is 43.4 Å². The Morgan fingerprint density at radius 1 is 1.27 bits per heavy atom. The maximum atomic E-state index is 11.1. The van der Waals surface area contributed by atoms with Crippen LogP contribution in [0.5, 0.6) is 0 Å². The van der Waals surface area contributed by atoms with Gasteiger partial charge in [0, 0.05) is 6.04 Å². The SMILES string of the molecule is CC1CCC(NC(C(=O)O)C2CC2)C1C. The Kier molecular flexibility index (Phi) is 3.01. The van der Waals surface area contributed by atoms with Crippen molar-refractivity contribution in [2.75, 3.05) is 0 Å². The van der Waals surface area contributed by atoms with E-state index < -0.39 is 5.97 Å². The fourth-order valence-corrected chi connectivity index (χ4v) is 2.67. The fourth-order valence-electron chi connectivity index (χ4n) is 2.67. The predicted molar refractivity (Wildman–Crippen MR) is 58.6 cm³/mol. The summed E-state index contributed by atoms with van der Waals surface area (Å²) < 4.78 is 0. The van der Waals surface area contributed by atoms with E-state index in [-0.39, 0.29) is 6.04 Å². The first-order valence-electron chi connectivity index (χ1n) is 6.08. The Balaban J connectivity index is 1.91. The molecule has 86 valence electrons. The molecule has 3 nitrogen and oxygen atoms in total. The van der Waals surface area contributed by atoms with E-state index in [1.54, 1.807) is 0 Å². The molecule has 0 aromatic carbocycles. The monoisotopic (exact) mass is 211 g/mol. The Morgan fingerprint density at radius 3 is 2.33 bits per heavy atom. The summed E-state index contributed by atoms with van der Waals surface area (Å²) in [5.41, 5.74) is 0. The summed E-state index contributed by atoms with van der Waals surface area (Å²) in [5.74, 6) is 1.08. The lowest BCUT2D eigenvalue weighted by Gasteiger charge is -2.24. The highest BCUT2D eigenvalue weighted by atomic mass is 16.4. The van der Waals surface area contributed by atoms with Gasteiger partial charge in [0.1, 0.15) is 6.04 Å². The highest BCUT2D eigenvalue weighted by molar-refractivity contribution is 5.74. The van der Waals surface area contributed by atoms with E-state index in [1.165, 1.54) is 6.42 Å². The Hall–Kier alpha value is -0.570. The number of hydrogen-bond donors (Lipinski definition) is 2. The third-order valence-corrected chi connectivity index (χ3v) is 4.22. The van der Waals surface area contributed by atoms with Crippen LogP contribution in [0.2, 0.25) is 0 Å². The molecular weight excluding hydrogens is 190 g/mol. The number of aliphatic carboxylic acids is 1. The van der Waals surface area contributed by atoms with Crippen LogP contribution in [0.25, 0.3) is 0 Å². The molecule has 2 rings (SSSR count). The zero-order valence-corrected chi connectivity index (χ0v) is 9.57. The first-order chi connectivity index (χ1) is 7.09. The lowest BCUT2D eigenvalue weighted by atomic mass is 9.97. The molecule has 2 N–H and O–H groups in total. The van der Waals surface area contributed by atoms with Crippen molar-refractivity contribution in [3.8, 4) is 0 Å². The molecule has 0 saturated heterocycles. The smallest absolute Gasteiger partial charge is 0.320 e. The van der Waals surface area contributed by atoms with E-state index in [9.17, 15) is 4.79 Å². The van der Waals surface area contributed by atoms with E-state index in [0.717, 1.165) is 25.2 Å². The molecule has 2 aliphatic rings. The van der Waals surface area contributed by atoms with Crippen LogP contribution in [-0.2, 0) is 4.79 Å². The van der Waals surface area contributed by atoms with E-state index in [1.807, 2.05) is 0 Å². The molecule has 0 aromatic rings. The molecule has 4 unspecified atom stereocenters. The topological polar surface area (TPSA) is 49.3 Å². The number of carbonyl (C=O) groups is 1. The molecule has 3 heteroatoms. The fraction of sp³-hybridized carbons (Fsp3) is 0.917. The van der Waals surface area contributed by atoms with Gasteiger partial charge in [-0.15, -0.1) is 0 Å². The zero-order valence-electron chi connectivity index (χ0n) is 9.57. The largest absolute Gasteiger partial charge is 0.480 e. The van der Waals surface area contributed by atoms with Gasteiger partial charge in [0.15, 0.2) is 0 Å². The van der Waals surface area contributed by atoms with E-state index in [0.29, 0.717) is 17.9 Å². The van der Waals surface area contributed by atoms with Crippen LogP contribution in [-0.4, -0.2) is 23.2 Å². The van der Waals surface area contributed by atoms with Crippen LogP contribution < -0.4 is 5.32 Å². The number of carboxylic acids is 1. The van der Waals surface area contributed by atoms with Gasteiger partial charge in [0.2, 0.25) is 0 Å². The maximum Gasteiger partial charge on any atom is 0.320 e. The second-order valence-electron chi connectivity index (χ2n) is 5.34. The second kappa shape index (κ2) is 4.12. The van der Waals surface area contributed by atoms with Crippen LogP contribution in [0.4, 0.5) is 0 Å². The van der Waals surface area contributed by atoms with Gasteiger partial charge in [-0.1, -0.05) is 13.8 Å². The molecule has 0 spiro atoms. The highest BCUT2D eigenvalue weighted by Gasteiger charge is 2.40. The minimum absolute atomic E-state index is 0.289. The number of nitrogens with one attached hydrogen (secondary N) is 1. The summed E-state index contributed by atoms with van der Waals surface area (Å²) in [6, 6.07) is 0.129. The van der Waals surface area contributed by atoms with Crippen molar-refractivity contribution < 1.29 is 9.90 Å². The van der Waals surface area contributed by atoms with E-state index in [4.69, 9.17) is 5.11 Å². The Labute approximate surface area is 91.2 Å². The Morgan fingerprint density at radius 2 is 1.93 bits per heavy atom. The van der Waals surface area contributed by atoms with Gasteiger partial charge in [-0.3, -0.25) is 4.79 Å². The minimum Gasteiger partial charge on any atom is -0.480 e. The summed E-state index contributed by atoms with van der Waals surface area (Å²) in [6.45, 7) is 4.50. The van der Waals surface area contributed by atoms with Crippen molar-refractivity contribution in [2.45, 2.75) is 51.6 Å². The summed E-state index contributed by atoms with van der Waals surface area (Å²) in [6.07, 6.45) is 4.54. The molecule has 0 aromatic heterocycles. The van der Waals surface area contributed by atoms with Crippen molar-refractivity contribution in [3.63, 3.8) is 0 Å². The lowest BCUT2D eigenvalue weighted by Crippen LogP contribution is -2.46. The molecule has 2 saturated carbocycles. The van der Waals surface area contributed by atoms with Crippen LogP contribution in [0, 0.1) is 17.8 Å². The van der Waals surface area contributed by atoms with Gasteiger partial charge in [-0.2, -0.15) is 0 Å². The van der Waals surface area contributed by atoms with E-state index >= 15 is 0 Å². The molecule has 2 aliphatic carbocycles. The predicted octanol–water partition coefficient (Wildman–Crippen LogP) is 1.87. The molecule has 0 aliphatic heterocycles. The van der Waals surface area contributed by atoms with Crippen molar-refractivity contribution in [1.82, 2.24) is 5.32 Å². The second-order valence-corrected chi connectivity index (χ2v) is 5.34. The standard InChI is InChI=1S/C12H21NO2/c1-7-3-6-10(8(7)2)13-11(12(14)15)9-4-5-9/h7-11,13H,3-6H2,1-2H3,(H,14,15). The minimum atomic E-state index is -0.663. The van der Waals surface area contributed by atoms with Gasteiger partial charge in [0.25, 0.3) is 0 Å². The van der Waals surface area contributed by atoms with Crippen LogP contribution in [0.3, 0.4) is 0 Å². The van der Waals surface area contributed by atoms with Crippen molar-refractivity contribution >= 4 is 5.97 Å². The van der Waals surface area contributed by atoms with Gasteiger partial charge < -0.3 is 10.4 Å². The van der Waals surface area contributed by atoms with Crippen molar-refractivity contribution in [3.05, 3.63) is 0 Å². The number of carboxylic acid groups (broad SMARTS) is 1. The summed E-state index contributed by atoms with van der Waals surface area (Å²) in [4.78, 5) is 11.1. The molecule has 0 radical (unpaired) electrons. The molecule has 4 atom stereocenters. The number of hydrogen-bond acceptors (Lipinski definition) is 2. The molecule has 0 amide bonds. The average molecular weight is 211 g/mol. The first-order valence-corrected chi connectivity index (χ1v) is 6.08. The molecule has 0 heterocycles. The van der Waals surface area contributed by atoms with Crippen LogP contribution in [0.1, 0.15) is 39.5 Å². The highest BCUT2D eigenvalue weighted by Crippen LogP contribution is 2.36. The quantitative estimate of drug-likeness (QED) is 0.746. The third kappa shape index (κ3) is 2.33. The first kappa shape index (κ1) is 10.9. The average Bonchev–Trinajstić information content (AvgIpc) is 2.95. The molecule has 0 bridgehead atoms. The zero-order chi connectivity index (χ0) is 11.0. The van der Waals surface area contributed by atoms with Crippen molar-refractivity contribution in [2.24, 2.45) is 17.8 Å². The molecular formula is C12H21NO2. The third-order valence-electron chi connectivity index (χ3n) is 4.22. The van der Waals surface area contributed by atoms with Gasteiger partial charge in [0.05, 0.1) is 0 Å². The van der Waals surface area contributed by atoms with E-state index in [2.05, 4.69) is 19.2 Å². The van der Waals surface area contributed by atoms with Crippen molar-refractivity contribution in [1.29, 1.82) is 0 Å². The summed E-state index contributed by atoms with van der Waals surface area (Å²) in [5, 5.41) is 12.5. The van der Waals surface area contributed by atoms with Gasteiger partial charge in [-0.25, -0.2) is 0 Å². The molecule has 15 heavy (non-hydrogen) atoms.